The summed E-state index contributed by atoms with van der Waals surface area (Å²) in [5, 5.41) is 2.96. The third-order valence-electron chi connectivity index (χ3n) is 9.90. The molecule has 9 heteroatoms. The van der Waals surface area contributed by atoms with E-state index in [-0.39, 0.29) is 30.5 Å². The zero-order valence-corrected chi connectivity index (χ0v) is 27.6. The molecule has 2 atom stereocenters. The van der Waals surface area contributed by atoms with Gasteiger partial charge in [-0.2, -0.15) is 0 Å². The van der Waals surface area contributed by atoms with E-state index in [1.807, 2.05) is 50.2 Å². The second-order valence-corrected chi connectivity index (χ2v) is 16.0. The molecule has 0 unspecified atom stereocenters. The highest BCUT2D eigenvalue weighted by molar-refractivity contribution is 9.10. The molecule has 2 aromatic carbocycles. The van der Waals surface area contributed by atoms with Gasteiger partial charge in [0.1, 0.15) is 12.6 Å². The van der Waals surface area contributed by atoms with Gasteiger partial charge < -0.3 is 10.2 Å². The molecule has 0 aliphatic heterocycles. The quantitative estimate of drug-likeness (QED) is 0.320. The fourth-order valence-corrected chi connectivity index (χ4v) is 9.24. The lowest BCUT2D eigenvalue weighted by Gasteiger charge is -2.57. The van der Waals surface area contributed by atoms with Crippen molar-refractivity contribution in [2.45, 2.75) is 89.8 Å². The molecule has 0 aromatic heterocycles. The van der Waals surface area contributed by atoms with Gasteiger partial charge in [-0.05, 0) is 117 Å². The Morgan fingerprint density at radius 2 is 1.60 bits per heavy atom. The second-order valence-electron chi connectivity index (χ2n) is 13.2. The Morgan fingerprint density at radius 3 is 2.12 bits per heavy atom. The topological polar surface area (TPSA) is 86.8 Å². The van der Waals surface area contributed by atoms with Crippen LogP contribution in [0.1, 0.15) is 76.8 Å². The van der Waals surface area contributed by atoms with Crippen molar-refractivity contribution in [2.24, 2.45) is 17.8 Å². The average Bonchev–Trinajstić information content (AvgIpc) is 2.93. The van der Waals surface area contributed by atoms with E-state index in [1.165, 1.54) is 53.3 Å². The Labute approximate surface area is 259 Å². The highest BCUT2D eigenvalue weighted by Crippen LogP contribution is 2.60. The number of anilines is 1. The highest BCUT2D eigenvalue weighted by Gasteiger charge is 2.51. The number of halogens is 1. The third kappa shape index (κ3) is 6.72. The van der Waals surface area contributed by atoms with Crippen LogP contribution in [0.2, 0.25) is 0 Å². The maximum Gasteiger partial charge on any atom is 0.244 e. The fraction of sp³-hybridized carbons (Fsp3) is 0.576. The predicted octanol–water partition coefficient (Wildman–Crippen LogP) is 6.01. The maximum atomic E-state index is 13.9. The van der Waals surface area contributed by atoms with Crippen LogP contribution >= 0.6 is 15.9 Å². The molecule has 0 saturated heterocycles. The Kier molecular flexibility index (Phi) is 9.10. The lowest BCUT2D eigenvalue weighted by Crippen LogP contribution is -2.52. The number of amides is 2. The summed E-state index contributed by atoms with van der Waals surface area (Å²) in [6, 6.07) is 14.6. The first-order valence-electron chi connectivity index (χ1n) is 15.3. The number of sulfonamides is 1. The summed E-state index contributed by atoms with van der Waals surface area (Å²) in [5.41, 5.74) is 2.82. The maximum absolute atomic E-state index is 13.9. The second kappa shape index (κ2) is 12.3. The van der Waals surface area contributed by atoms with E-state index in [4.69, 9.17) is 0 Å². The average molecular weight is 659 g/mol. The number of carbonyl (C=O) groups is 2. The van der Waals surface area contributed by atoms with Crippen molar-refractivity contribution in [3.63, 3.8) is 0 Å². The molecular formula is C33H44BrN3O4S. The van der Waals surface area contributed by atoms with Crippen molar-refractivity contribution in [3.05, 3.63) is 64.1 Å². The summed E-state index contributed by atoms with van der Waals surface area (Å²) in [6.07, 6.45) is 9.68. The molecule has 6 rings (SSSR count). The molecule has 0 spiro atoms. The largest absolute Gasteiger partial charge is 0.352 e. The van der Waals surface area contributed by atoms with Crippen molar-refractivity contribution in [1.29, 1.82) is 0 Å². The van der Waals surface area contributed by atoms with Gasteiger partial charge in [-0.3, -0.25) is 13.9 Å². The van der Waals surface area contributed by atoms with Crippen LogP contribution in [-0.2, 0) is 31.6 Å². The molecular weight excluding hydrogens is 614 g/mol. The van der Waals surface area contributed by atoms with E-state index in [9.17, 15) is 18.0 Å². The van der Waals surface area contributed by atoms with Crippen molar-refractivity contribution in [3.8, 4) is 0 Å². The summed E-state index contributed by atoms with van der Waals surface area (Å²) in [5.74, 6) is 1.75. The van der Waals surface area contributed by atoms with E-state index < -0.39 is 22.0 Å². The molecule has 42 heavy (non-hydrogen) atoms. The Bertz CT molecular complexity index is 1380. The van der Waals surface area contributed by atoms with Crippen molar-refractivity contribution in [2.75, 3.05) is 17.1 Å². The minimum Gasteiger partial charge on any atom is -0.352 e. The SMILES string of the molecule is CC[C@H](C)NC(=O)[C@H](C)N(Cc1cccc(Br)c1)C(=O)CN(c1ccc(C23CC4CC(CC(C4)C2)C3)cc1)S(C)(=O)=O. The van der Waals surface area contributed by atoms with Gasteiger partial charge in [-0.15, -0.1) is 0 Å². The zero-order chi connectivity index (χ0) is 30.2. The highest BCUT2D eigenvalue weighted by atomic mass is 79.9. The smallest absolute Gasteiger partial charge is 0.244 e. The summed E-state index contributed by atoms with van der Waals surface area (Å²) in [7, 11) is -3.78. The van der Waals surface area contributed by atoms with Crippen LogP contribution in [0.15, 0.2) is 53.0 Å². The number of carbonyl (C=O) groups excluding carboxylic acids is 2. The van der Waals surface area contributed by atoms with Crippen LogP contribution in [0, 0.1) is 17.8 Å². The molecule has 1 N–H and O–H groups in total. The summed E-state index contributed by atoms with van der Waals surface area (Å²) in [6.45, 7) is 5.39. The fourth-order valence-electron chi connectivity index (χ4n) is 7.94. The first kappa shape index (κ1) is 31.0. The van der Waals surface area contributed by atoms with Gasteiger partial charge in [-0.25, -0.2) is 8.42 Å². The Hall–Kier alpha value is -2.39. The molecule has 4 aliphatic carbocycles. The molecule has 0 heterocycles. The van der Waals surface area contributed by atoms with Gasteiger partial charge in [0.05, 0.1) is 11.9 Å². The van der Waals surface area contributed by atoms with Gasteiger partial charge in [0.15, 0.2) is 0 Å². The molecule has 0 radical (unpaired) electrons. The lowest BCUT2D eigenvalue weighted by molar-refractivity contribution is -0.139. The lowest BCUT2D eigenvalue weighted by atomic mass is 9.48. The Balaban J connectivity index is 1.38. The molecule has 4 saturated carbocycles. The van der Waals surface area contributed by atoms with Gasteiger partial charge >= 0.3 is 0 Å². The number of hydrogen-bond donors (Lipinski definition) is 1. The van der Waals surface area contributed by atoms with E-state index in [1.54, 1.807) is 6.92 Å². The number of hydrogen-bond acceptors (Lipinski definition) is 4. The van der Waals surface area contributed by atoms with E-state index in [0.29, 0.717) is 5.69 Å². The van der Waals surface area contributed by atoms with Crippen LogP contribution < -0.4 is 9.62 Å². The van der Waals surface area contributed by atoms with Crippen LogP contribution in [-0.4, -0.2) is 50.0 Å². The molecule has 2 aromatic rings. The molecule has 228 valence electrons. The normalized spacial score (nSPS) is 26.0. The van der Waals surface area contributed by atoms with Gasteiger partial charge in [0, 0.05) is 17.1 Å². The van der Waals surface area contributed by atoms with Crippen LogP contribution in [0.4, 0.5) is 5.69 Å². The summed E-state index contributed by atoms with van der Waals surface area (Å²) >= 11 is 3.48. The summed E-state index contributed by atoms with van der Waals surface area (Å²) in [4.78, 5) is 28.5. The first-order valence-corrected chi connectivity index (χ1v) is 17.9. The monoisotopic (exact) mass is 657 g/mol. The zero-order valence-electron chi connectivity index (χ0n) is 25.2. The van der Waals surface area contributed by atoms with Gasteiger partial charge in [0.2, 0.25) is 21.8 Å². The number of nitrogens with zero attached hydrogens (tertiary/aromatic N) is 2. The minimum absolute atomic E-state index is 0.0391. The molecule has 4 fully saturated rings. The van der Waals surface area contributed by atoms with Crippen LogP contribution in [0.25, 0.3) is 0 Å². The molecule has 7 nitrogen and oxygen atoms in total. The first-order chi connectivity index (χ1) is 19.9. The van der Waals surface area contributed by atoms with E-state index >= 15 is 0 Å². The Morgan fingerprint density at radius 1 is 1.00 bits per heavy atom. The minimum atomic E-state index is -3.78. The van der Waals surface area contributed by atoms with Crippen LogP contribution in [0.5, 0.6) is 0 Å². The summed E-state index contributed by atoms with van der Waals surface area (Å²) < 4.78 is 28.1. The van der Waals surface area contributed by atoms with Crippen molar-refractivity contribution in [1.82, 2.24) is 10.2 Å². The number of rotatable bonds is 11. The number of benzene rings is 2. The van der Waals surface area contributed by atoms with E-state index in [2.05, 4.69) is 33.4 Å². The van der Waals surface area contributed by atoms with Crippen molar-refractivity contribution >= 4 is 43.5 Å². The predicted molar refractivity (Wildman–Crippen MR) is 171 cm³/mol. The van der Waals surface area contributed by atoms with Crippen molar-refractivity contribution < 1.29 is 18.0 Å². The molecule has 4 aliphatic rings. The van der Waals surface area contributed by atoms with Crippen LogP contribution in [0.3, 0.4) is 0 Å². The molecule has 4 bridgehead atoms. The van der Waals surface area contributed by atoms with Gasteiger partial charge in [0.25, 0.3) is 0 Å². The van der Waals surface area contributed by atoms with Gasteiger partial charge in [-0.1, -0.05) is 47.1 Å². The number of nitrogens with one attached hydrogen (secondary N) is 1. The molecule has 2 amide bonds. The standard InChI is InChI=1S/C33H44BrN3O4S/c1-5-22(2)35-32(39)23(3)36(20-24-7-6-8-29(34)16-24)31(38)21-37(42(4,40)41)30-11-9-28(10-12-30)33-17-25-13-26(18-33)15-27(14-25)19-33/h6-12,16,22-23,25-27H,5,13-15,17-21H2,1-4H3,(H,35,39)/t22-,23-,25?,26?,27?,33?/m0/s1. The third-order valence-corrected chi connectivity index (χ3v) is 11.5. The van der Waals surface area contributed by atoms with E-state index in [0.717, 1.165) is 40.5 Å².